The highest BCUT2D eigenvalue weighted by Gasteiger charge is 2.32. The van der Waals surface area contributed by atoms with Crippen LogP contribution in [-0.4, -0.2) is 38.1 Å². The molecule has 0 unspecified atom stereocenters. The molecule has 0 aliphatic carbocycles. The Kier molecular flexibility index (Phi) is 3.27. The Labute approximate surface area is 118 Å². The van der Waals surface area contributed by atoms with Gasteiger partial charge in [-0.1, -0.05) is 12.1 Å². The third-order valence-corrected chi connectivity index (χ3v) is 5.51. The first-order valence-corrected chi connectivity index (χ1v) is 8.34. The van der Waals surface area contributed by atoms with Crippen molar-refractivity contribution in [3.05, 3.63) is 29.8 Å². The maximum Gasteiger partial charge on any atom is 0.285 e. The van der Waals surface area contributed by atoms with Crippen molar-refractivity contribution in [1.29, 1.82) is 0 Å². The summed E-state index contributed by atoms with van der Waals surface area (Å²) < 4.78 is 27.9. The number of benzene rings is 1. The molecule has 0 N–H and O–H groups in total. The molecule has 0 aromatic heterocycles. The zero-order valence-corrected chi connectivity index (χ0v) is 12.0. The molecule has 0 radical (unpaired) electrons. The quantitative estimate of drug-likeness (QED) is 0.746. The molecule has 0 atom stereocenters. The van der Waals surface area contributed by atoms with Crippen LogP contribution in [0.2, 0.25) is 0 Å². The Balaban J connectivity index is 1.91. The summed E-state index contributed by atoms with van der Waals surface area (Å²) in [5.74, 6) is 1.81. The molecule has 3 rings (SSSR count). The second-order valence-electron chi connectivity index (χ2n) is 4.97. The topological polar surface area (TPSA) is 49.7 Å². The summed E-state index contributed by atoms with van der Waals surface area (Å²) in [4.78, 5) is 2.39. The summed E-state index contributed by atoms with van der Waals surface area (Å²) in [6, 6.07) is 7.02. The van der Waals surface area contributed by atoms with E-state index in [-0.39, 0.29) is 0 Å². The number of nitrogens with zero attached hydrogens (tertiary/aromatic N) is 2. The van der Waals surface area contributed by atoms with Crippen LogP contribution in [0.15, 0.2) is 33.6 Å². The Morgan fingerprint density at radius 2 is 1.95 bits per heavy atom. The molecule has 102 valence electrons. The number of rotatable bonds is 1. The Bertz CT molecular complexity index is 619. The molecule has 19 heavy (non-hydrogen) atoms. The van der Waals surface area contributed by atoms with Gasteiger partial charge >= 0.3 is 0 Å². The van der Waals surface area contributed by atoms with Crippen LogP contribution in [0.1, 0.15) is 18.4 Å². The van der Waals surface area contributed by atoms with Crippen LogP contribution in [0.5, 0.6) is 0 Å². The molecule has 2 heterocycles. The van der Waals surface area contributed by atoms with Crippen LogP contribution in [0.3, 0.4) is 0 Å². The average molecular weight is 299 g/mol. The number of halogens is 1. The average Bonchev–Trinajstić information content (AvgIpc) is 2.72. The van der Waals surface area contributed by atoms with Crippen molar-refractivity contribution in [3.63, 3.8) is 0 Å². The number of sulfonamides is 1. The van der Waals surface area contributed by atoms with Gasteiger partial charge in [-0.05, 0) is 30.9 Å². The number of hydrogen-bond donors (Lipinski definition) is 0. The van der Waals surface area contributed by atoms with E-state index in [1.807, 2.05) is 12.1 Å². The molecule has 0 spiro atoms. The molecule has 0 amide bonds. The zero-order chi connectivity index (χ0) is 13.5. The lowest BCUT2D eigenvalue weighted by molar-refractivity contribution is 0.283. The number of likely N-dealkylation sites (tertiary alicyclic amines) is 1. The van der Waals surface area contributed by atoms with Gasteiger partial charge in [0, 0.05) is 24.5 Å². The van der Waals surface area contributed by atoms with Crippen molar-refractivity contribution < 1.29 is 8.42 Å². The number of amidine groups is 1. The summed E-state index contributed by atoms with van der Waals surface area (Å²) >= 11 is 5.87. The summed E-state index contributed by atoms with van der Waals surface area (Å²) in [7, 11) is -3.50. The van der Waals surface area contributed by atoms with E-state index in [2.05, 4.69) is 9.30 Å². The number of hydrogen-bond acceptors (Lipinski definition) is 3. The lowest BCUT2D eigenvalue weighted by Crippen LogP contribution is -2.38. The lowest BCUT2D eigenvalue weighted by Gasteiger charge is -2.32. The monoisotopic (exact) mass is 298 g/mol. The van der Waals surface area contributed by atoms with Gasteiger partial charge < -0.3 is 4.90 Å². The number of fused-ring (bicyclic) bond motifs is 1. The molecule has 2 aliphatic heterocycles. The molecular formula is C13H15ClN2O2S. The van der Waals surface area contributed by atoms with Crippen molar-refractivity contribution in [1.82, 2.24) is 4.90 Å². The first kappa shape index (κ1) is 12.9. The van der Waals surface area contributed by atoms with E-state index in [4.69, 9.17) is 11.6 Å². The van der Waals surface area contributed by atoms with Crippen molar-refractivity contribution >= 4 is 27.5 Å². The van der Waals surface area contributed by atoms with Crippen LogP contribution in [0, 0.1) is 5.92 Å². The highest BCUT2D eigenvalue weighted by atomic mass is 35.5. The van der Waals surface area contributed by atoms with Crippen LogP contribution in [-0.2, 0) is 10.0 Å². The minimum Gasteiger partial charge on any atom is -0.355 e. The molecule has 4 nitrogen and oxygen atoms in total. The van der Waals surface area contributed by atoms with Crippen LogP contribution in [0.4, 0.5) is 0 Å². The van der Waals surface area contributed by atoms with Gasteiger partial charge in [0.25, 0.3) is 10.0 Å². The first-order chi connectivity index (χ1) is 9.12. The fourth-order valence-electron chi connectivity index (χ4n) is 2.62. The van der Waals surface area contributed by atoms with E-state index in [0.29, 0.717) is 22.5 Å². The van der Waals surface area contributed by atoms with Gasteiger partial charge in [0.2, 0.25) is 0 Å². The molecule has 0 saturated carbocycles. The maximum absolute atomic E-state index is 12.0. The Hall–Kier alpha value is -1.07. The fraction of sp³-hybridized carbons (Fsp3) is 0.462. The Morgan fingerprint density at radius 3 is 2.63 bits per heavy atom. The molecule has 6 heteroatoms. The molecule has 1 fully saturated rings. The second kappa shape index (κ2) is 4.80. The van der Waals surface area contributed by atoms with Gasteiger partial charge in [0.05, 0.1) is 0 Å². The highest BCUT2D eigenvalue weighted by molar-refractivity contribution is 7.90. The lowest BCUT2D eigenvalue weighted by atomic mass is 9.98. The van der Waals surface area contributed by atoms with Crippen molar-refractivity contribution in [2.24, 2.45) is 10.3 Å². The summed E-state index contributed by atoms with van der Waals surface area (Å²) in [5.41, 5.74) is 0.729. The van der Waals surface area contributed by atoms with E-state index in [9.17, 15) is 8.42 Å². The maximum atomic E-state index is 12.0. The van der Waals surface area contributed by atoms with Gasteiger partial charge in [0.15, 0.2) is 5.84 Å². The molecule has 1 aromatic rings. The largest absolute Gasteiger partial charge is 0.355 e. The van der Waals surface area contributed by atoms with E-state index in [0.717, 1.165) is 31.5 Å². The SMILES string of the molecule is O=S1(=O)N=C(N2CCC(CCl)CC2)c2ccccc21. The smallest absolute Gasteiger partial charge is 0.285 e. The molecule has 1 saturated heterocycles. The first-order valence-electron chi connectivity index (χ1n) is 6.37. The van der Waals surface area contributed by atoms with Gasteiger partial charge in [-0.25, -0.2) is 0 Å². The summed E-state index contributed by atoms with van der Waals surface area (Å²) in [6.45, 7) is 1.64. The molecular weight excluding hydrogens is 284 g/mol. The predicted octanol–water partition coefficient (Wildman–Crippen LogP) is 2.09. The zero-order valence-electron chi connectivity index (χ0n) is 10.4. The van der Waals surface area contributed by atoms with E-state index >= 15 is 0 Å². The third kappa shape index (κ3) is 2.25. The van der Waals surface area contributed by atoms with Crippen molar-refractivity contribution in [2.45, 2.75) is 17.7 Å². The number of alkyl halides is 1. The van der Waals surface area contributed by atoms with Crippen molar-refractivity contribution in [2.75, 3.05) is 19.0 Å². The van der Waals surface area contributed by atoms with Gasteiger partial charge in [-0.3, -0.25) is 0 Å². The summed E-state index contributed by atoms with van der Waals surface area (Å²) in [6.07, 6.45) is 1.98. The second-order valence-corrected chi connectivity index (χ2v) is 6.85. The molecule has 2 aliphatic rings. The molecule has 1 aromatic carbocycles. The summed E-state index contributed by atoms with van der Waals surface area (Å²) in [5, 5.41) is 0. The van der Waals surface area contributed by atoms with Gasteiger partial charge in [-0.15, -0.1) is 16.0 Å². The fourth-order valence-corrected chi connectivity index (χ4v) is 4.15. The third-order valence-electron chi connectivity index (χ3n) is 3.74. The van der Waals surface area contributed by atoms with Crippen LogP contribution < -0.4 is 0 Å². The van der Waals surface area contributed by atoms with E-state index in [1.54, 1.807) is 12.1 Å². The number of piperidine rings is 1. The highest BCUT2D eigenvalue weighted by Crippen LogP contribution is 2.29. The minimum atomic E-state index is -3.50. The normalized spacial score (nSPS) is 22.2. The van der Waals surface area contributed by atoms with E-state index in [1.165, 1.54) is 0 Å². The minimum absolute atomic E-state index is 0.324. The standard InChI is InChI=1S/C13H15ClN2O2S/c14-9-10-5-7-16(8-6-10)13-11-3-1-2-4-12(11)19(17,18)15-13/h1-4,10H,5-9H2. The van der Waals surface area contributed by atoms with Crippen LogP contribution in [0.25, 0.3) is 0 Å². The van der Waals surface area contributed by atoms with Crippen LogP contribution >= 0.6 is 11.6 Å². The van der Waals surface area contributed by atoms with Gasteiger partial charge in [-0.2, -0.15) is 8.42 Å². The Morgan fingerprint density at radius 1 is 1.26 bits per heavy atom. The van der Waals surface area contributed by atoms with E-state index < -0.39 is 10.0 Å². The van der Waals surface area contributed by atoms with Crippen molar-refractivity contribution in [3.8, 4) is 0 Å². The van der Waals surface area contributed by atoms with Gasteiger partial charge in [0.1, 0.15) is 4.90 Å². The predicted molar refractivity (Wildman–Crippen MR) is 75.2 cm³/mol. The molecule has 0 bridgehead atoms.